The molecule has 0 aliphatic carbocycles. The maximum absolute atomic E-state index is 13.7. The molecule has 7 nitrogen and oxygen atoms in total. The van der Waals surface area contributed by atoms with Crippen LogP contribution in [-0.4, -0.2) is 45.8 Å². The minimum absolute atomic E-state index is 0.116. The van der Waals surface area contributed by atoms with Crippen LogP contribution in [0.1, 0.15) is 11.5 Å². The highest BCUT2D eigenvalue weighted by molar-refractivity contribution is 6.30. The highest BCUT2D eigenvalue weighted by Gasteiger charge is 2.23. The van der Waals surface area contributed by atoms with Crippen LogP contribution in [0.2, 0.25) is 5.02 Å². The van der Waals surface area contributed by atoms with Gasteiger partial charge in [0, 0.05) is 31.9 Å². The molecule has 0 spiro atoms. The van der Waals surface area contributed by atoms with E-state index in [0.717, 1.165) is 5.69 Å². The molecule has 1 aliphatic heterocycles. The Morgan fingerprint density at radius 3 is 2.50 bits per heavy atom. The predicted molar refractivity (Wildman–Crippen MR) is 98.9 cm³/mol. The van der Waals surface area contributed by atoms with E-state index in [0.29, 0.717) is 49.2 Å². The largest absolute Gasteiger partial charge is 0.368 e. The van der Waals surface area contributed by atoms with Crippen LogP contribution in [0.15, 0.2) is 23.0 Å². The van der Waals surface area contributed by atoms with Crippen molar-refractivity contribution in [3.05, 3.63) is 50.9 Å². The van der Waals surface area contributed by atoms with E-state index in [1.165, 1.54) is 10.6 Å². The fourth-order valence-corrected chi connectivity index (χ4v) is 3.47. The molecule has 0 amide bonds. The van der Waals surface area contributed by atoms with Crippen LogP contribution in [0.3, 0.4) is 0 Å². The molecule has 0 bridgehead atoms. The third-order valence-corrected chi connectivity index (χ3v) is 4.93. The molecule has 0 saturated carbocycles. The summed E-state index contributed by atoms with van der Waals surface area (Å²) in [6.07, 6.45) is 0. The number of H-pyrrole nitrogens is 1. The minimum Gasteiger partial charge on any atom is -0.368 e. The van der Waals surface area contributed by atoms with Crippen molar-refractivity contribution in [1.29, 1.82) is 0 Å². The summed E-state index contributed by atoms with van der Waals surface area (Å²) in [6, 6.07) is 4.81. The second-order valence-electron chi connectivity index (χ2n) is 6.37. The molecule has 9 heteroatoms. The van der Waals surface area contributed by atoms with Crippen molar-refractivity contribution in [3.8, 4) is 0 Å². The summed E-state index contributed by atoms with van der Waals surface area (Å²) in [7, 11) is 0. The highest BCUT2D eigenvalue weighted by atomic mass is 35.5. The summed E-state index contributed by atoms with van der Waals surface area (Å²) < 4.78 is 15.1. The van der Waals surface area contributed by atoms with Gasteiger partial charge < -0.3 is 9.80 Å². The summed E-state index contributed by atoms with van der Waals surface area (Å²) in [5.74, 6) is 0.592. The van der Waals surface area contributed by atoms with E-state index in [-0.39, 0.29) is 10.6 Å². The van der Waals surface area contributed by atoms with Crippen molar-refractivity contribution in [2.75, 3.05) is 36.0 Å². The number of piperazine rings is 1. The number of rotatable bonds is 2. The van der Waals surface area contributed by atoms with Crippen molar-refractivity contribution < 1.29 is 4.39 Å². The number of aromatic amines is 1. The third-order valence-electron chi connectivity index (χ3n) is 4.62. The molecule has 1 aromatic carbocycles. The Hall–Kier alpha value is -2.61. The molecule has 136 valence electrons. The highest BCUT2D eigenvalue weighted by Crippen LogP contribution is 2.24. The van der Waals surface area contributed by atoms with E-state index >= 15 is 0 Å². The Morgan fingerprint density at radius 2 is 1.81 bits per heavy atom. The van der Waals surface area contributed by atoms with Crippen molar-refractivity contribution in [1.82, 2.24) is 19.6 Å². The maximum Gasteiger partial charge on any atom is 0.297 e. The van der Waals surface area contributed by atoms with Crippen LogP contribution < -0.4 is 15.4 Å². The van der Waals surface area contributed by atoms with Gasteiger partial charge in [-0.25, -0.2) is 9.37 Å². The Balaban J connectivity index is 1.59. The monoisotopic (exact) mass is 376 g/mol. The molecule has 1 saturated heterocycles. The zero-order valence-electron chi connectivity index (χ0n) is 14.5. The topological polar surface area (TPSA) is 69.5 Å². The SMILES string of the molecule is Cc1nc2nc(C)c(N3CCN(c4ccc(Cl)c(F)c4)CC3)c(=O)n2[nH]1. The second kappa shape index (κ2) is 6.28. The molecule has 0 unspecified atom stereocenters. The number of nitrogens with zero attached hydrogens (tertiary/aromatic N) is 5. The van der Waals surface area contributed by atoms with E-state index in [1.54, 1.807) is 13.0 Å². The number of aryl methyl sites for hydroxylation is 2. The smallest absolute Gasteiger partial charge is 0.297 e. The van der Waals surface area contributed by atoms with Gasteiger partial charge in [0.1, 0.15) is 17.3 Å². The van der Waals surface area contributed by atoms with E-state index in [1.807, 2.05) is 17.9 Å². The van der Waals surface area contributed by atoms with Gasteiger partial charge in [0.05, 0.1) is 10.7 Å². The zero-order valence-corrected chi connectivity index (χ0v) is 15.2. The van der Waals surface area contributed by atoms with Crippen LogP contribution in [0.4, 0.5) is 15.8 Å². The fraction of sp³-hybridized carbons (Fsp3) is 0.353. The summed E-state index contributed by atoms with van der Waals surface area (Å²) in [4.78, 5) is 25.6. The number of aromatic nitrogens is 4. The summed E-state index contributed by atoms with van der Waals surface area (Å²) in [5, 5.41) is 3.03. The molecule has 4 rings (SSSR count). The molecule has 1 fully saturated rings. The molecular weight excluding hydrogens is 359 g/mol. The van der Waals surface area contributed by atoms with Gasteiger partial charge >= 0.3 is 0 Å². The molecule has 0 atom stereocenters. The third kappa shape index (κ3) is 2.80. The number of hydrogen-bond donors (Lipinski definition) is 1. The average molecular weight is 377 g/mol. The molecule has 1 aliphatic rings. The van der Waals surface area contributed by atoms with Crippen molar-refractivity contribution in [2.24, 2.45) is 0 Å². The van der Waals surface area contributed by atoms with Crippen molar-refractivity contribution in [2.45, 2.75) is 13.8 Å². The second-order valence-corrected chi connectivity index (χ2v) is 6.78. The summed E-state index contributed by atoms with van der Waals surface area (Å²) in [5.41, 5.74) is 1.87. The number of anilines is 2. The van der Waals surface area contributed by atoms with E-state index < -0.39 is 5.82 Å². The minimum atomic E-state index is -0.426. The van der Waals surface area contributed by atoms with Crippen molar-refractivity contribution in [3.63, 3.8) is 0 Å². The Labute approximate surface area is 154 Å². The predicted octanol–water partition coefficient (Wildman–Crippen LogP) is 2.15. The van der Waals surface area contributed by atoms with Gasteiger partial charge in [-0.05, 0) is 32.0 Å². The number of nitrogens with one attached hydrogen (secondary N) is 1. The standard InChI is InChI=1S/C17H18ClFN6O/c1-10-15(16(26)25-17(20-10)21-11(2)22-25)24-7-5-23(6-8-24)12-3-4-13(18)14(19)9-12/h3-4,9H,5-8H2,1-2H3,(H,20,21,22). The summed E-state index contributed by atoms with van der Waals surface area (Å²) >= 11 is 5.75. The van der Waals surface area contributed by atoms with Gasteiger partial charge in [0.2, 0.25) is 0 Å². The fourth-order valence-electron chi connectivity index (χ4n) is 3.35. The molecule has 3 aromatic rings. The number of halogens is 2. The van der Waals surface area contributed by atoms with Crippen LogP contribution in [0.5, 0.6) is 0 Å². The molecule has 3 heterocycles. The van der Waals surface area contributed by atoms with Crippen LogP contribution in [0, 0.1) is 19.7 Å². The molecule has 26 heavy (non-hydrogen) atoms. The molecule has 2 aromatic heterocycles. The van der Waals surface area contributed by atoms with E-state index in [9.17, 15) is 9.18 Å². The first kappa shape index (κ1) is 16.8. The Bertz CT molecular complexity index is 1040. The normalized spacial score (nSPS) is 15.1. The van der Waals surface area contributed by atoms with Gasteiger partial charge in [-0.2, -0.15) is 9.50 Å². The van der Waals surface area contributed by atoms with Gasteiger partial charge in [-0.1, -0.05) is 11.6 Å². The lowest BCUT2D eigenvalue weighted by Gasteiger charge is -2.37. The van der Waals surface area contributed by atoms with Gasteiger partial charge in [-0.15, -0.1) is 0 Å². The Kier molecular flexibility index (Phi) is 4.07. The number of hydrogen-bond acceptors (Lipinski definition) is 5. The van der Waals surface area contributed by atoms with Crippen LogP contribution >= 0.6 is 11.6 Å². The lowest BCUT2D eigenvalue weighted by atomic mass is 10.2. The quantitative estimate of drug-likeness (QED) is 0.742. The van der Waals surface area contributed by atoms with Crippen LogP contribution in [-0.2, 0) is 0 Å². The number of benzene rings is 1. The first-order valence-electron chi connectivity index (χ1n) is 8.35. The first-order valence-corrected chi connectivity index (χ1v) is 8.73. The molecule has 0 radical (unpaired) electrons. The number of fused-ring (bicyclic) bond motifs is 1. The van der Waals surface area contributed by atoms with Crippen LogP contribution in [0.25, 0.3) is 5.78 Å². The van der Waals surface area contributed by atoms with Gasteiger partial charge in [0.15, 0.2) is 0 Å². The maximum atomic E-state index is 13.7. The molecule has 1 N–H and O–H groups in total. The van der Waals surface area contributed by atoms with E-state index in [4.69, 9.17) is 11.6 Å². The first-order chi connectivity index (χ1) is 12.4. The van der Waals surface area contributed by atoms with E-state index in [2.05, 4.69) is 20.0 Å². The molecular formula is C17H18ClFN6O. The van der Waals surface area contributed by atoms with Gasteiger partial charge in [-0.3, -0.25) is 9.89 Å². The Morgan fingerprint density at radius 1 is 1.12 bits per heavy atom. The van der Waals surface area contributed by atoms with Gasteiger partial charge in [0.25, 0.3) is 11.3 Å². The summed E-state index contributed by atoms with van der Waals surface area (Å²) in [6.45, 7) is 6.23. The lowest BCUT2D eigenvalue weighted by Crippen LogP contribution is -2.48. The average Bonchev–Trinajstić information content (AvgIpc) is 2.98. The van der Waals surface area contributed by atoms with Crippen molar-refractivity contribution >= 4 is 28.8 Å². The zero-order chi connectivity index (χ0) is 18.4. The lowest BCUT2D eigenvalue weighted by molar-refractivity contribution is 0.619.